The molecule has 0 aromatic heterocycles. The van der Waals surface area contributed by atoms with Crippen LogP contribution in [0.5, 0.6) is 5.75 Å². The molecule has 0 radical (unpaired) electrons. The summed E-state index contributed by atoms with van der Waals surface area (Å²) in [6.07, 6.45) is 1.18. The lowest BCUT2D eigenvalue weighted by molar-refractivity contribution is 0.0624. The van der Waals surface area contributed by atoms with E-state index in [-0.39, 0.29) is 5.91 Å². The van der Waals surface area contributed by atoms with Crippen molar-refractivity contribution in [3.05, 3.63) is 23.8 Å². The highest BCUT2D eigenvalue weighted by Gasteiger charge is 2.27. The molecule has 1 heterocycles. The molecule has 4 nitrogen and oxygen atoms in total. The lowest BCUT2D eigenvalue weighted by Gasteiger charge is -2.35. The molecule has 2 atom stereocenters. The number of methoxy groups -OCH3 is 1. The van der Waals surface area contributed by atoms with Gasteiger partial charge in [-0.1, -0.05) is 19.9 Å². The third kappa shape index (κ3) is 2.83. The Kier molecular flexibility index (Phi) is 3.98. The Bertz CT molecular complexity index is 463. The van der Waals surface area contributed by atoms with E-state index >= 15 is 0 Å². The molecule has 2 N–H and O–H groups in total. The van der Waals surface area contributed by atoms with Crippen LogP contribution in [-0.2, 0) is 0 Å². The van der Waals surface area contributed by atoms with Gasteiger partial charge in [0.15, 0.2) is 0 Å². The molecule has 1 aliphatic rings. The number of carbonyl (C=O) groups is 1. The molecule has 0 bridgehead atoms. The van der Waals surface area contributed by atoms with E-state index in [1.165, 1.54) is 6.42 Å². The monoisotopic (exact) mass is 262 g/mol. The summed E-state index contributed by atoms with van der Waals surface area (Å²) >= 11 is 0. The molecule has 2 unspecified atom stereocenters. The summed E-state index contributed by atoms with van der Waals surface area (Å²) < 4.78 is 5.17. The van der Waals surface area contributed by atoms with Crippen LogP contribution < -0.4 is 10.5 Å². The zero-order valence-electron chi connectivity index (χ0n) is 11.8. The van der Waals surface area contributed by atoms with Crippen molar-refractivity contribution in [3.63, 3.8) is 0 Å². The van der Waals surface area contributed by atoms with Gasteiger partial charge in [0, 0.05) is 13.1 Å². The van der Waals surface area contributed by atoms with Crippen LogP contribution in [0.15, 0.2) is 18.2 Å². The molecule has 4 heteroatoms. The molecule has 104 valence electrons. The van der Waals surface area contributed by atoms with Gasteiger partial charge in [-0.3, -0.25) is 4.79 Å². The number of hydrogen-bond donors (Lipinski definition) is 1. The van der Waals surface area contributed by atoms with E-state index < -0.39 is 0 Å². The van der Waals surface area contributed by atoms with Crippen LogP contribution in [-0.4, -0.2) is 31.0 Å². The number of likely N-dealkylation sites (tertiary alicyclic amines) is 1. The van der Waals surface area contributed by atoms with Crippen molar-refractivity contribution in [1.29, 1.82) is 0 Å². The van der Waals surface area contributed by atoms with E-state index in [2.05, 4.69) is 13.8 Å². The Morgan fingerprint density at radius 3 is 2.53 bits per heavy atom. The molecule has 1 fully saturated rings. The fourth-order valence-electron chi connectivity index (χ4n) is 2.91. The number of amides is 1. The van der Waals surface area contributed by atoms with Crippen molar-refractivity contribution < 1.29 is 9.53 Å². The Morgan fingerprint density at radius 2 is 1.95 bits per heavy atom. The molecular weight excluding hydrogens is 240 g/mol. The third-order valence-electron chi connectivity index (χ3n) is 3.67. The summed E-state index contributed by atoms with van der Waals surface area (Å²) in [6.45, 7) is 5.98. The van der Waals surface area contributed by atoms with Gasteiger partial charge < -0.3 is 15.4 Å². The van der Waals surface area contributed by atoms with Gasteiger partial charge in [-0.25, -0.2) is 0 Å². The van der Waals surface area contributed by atoms with Gasteiger partial charge in [0.25, 0.3) is 5.91 Å². The molecule has 0 saturated carbocycles. The molecular formula is C15H22N2O2. The number of nitrogen functional groups attached to an aromatic ring is 1. The van der Waals surface area contributed by atoms with Gasteiger partial charge in [-0.2, -0.15) is 0 Å². The highest BCUT2D eigenvalue weighted by atomic mass is 16.5. The van der Waals surface area contributed by atoms with Crippen molar-refractivity contribution in [2.24, 2.45) is 11.8 Å². The van der Waals surface area contributed by atoms with Crippen LogP contribution in [0.3, 0.4) is 0 Å². The number of nitrogens with zero attached hydrogens (tertiary/aromatic N) is 1. The topological polar surface area (TPSA) is 55.6 Å². The molecule has 19 heavy (non-hydrogen) atoms. The SMILES string of the molecule is COc1cccc(C(=O)N2CC(C)CC(C)C2)c1N. The molecule has 1 amide bonds. The smallest absolute Gasteiger partial charge is 0.256 e. The number of hydrogen-bond acceptors (Lipinski definition) is 3. The number of anilines is 1. The first kappa shape index (κ1) is 13.7. The number of para-hydroxylation sites is 1. The van der Waals surface area contributed by atoms with Crippen LogP contribution in [0.2, 0.25) is 0 Å². The third-order valence-corrected chi connectivity index (χ3v) is 3.67. The minimum Gasteiger partial charge on any atom is -0.495 e. The van der Waals surface area contributed by atoms with Crippen LogP contribution in [0, 0.1) is 11.8 Å². The quantitative estimate of drug-likeness (QED) is 0.833. The van der Waals surface area contributed by atoms with Crippen LogP contribution in [0.25, 0.3) is 0 Å². The van der Waals surface area contributed by atoms with E-state index in [1.54, 1.807) is 25.3 Å². The van der Waals surface area contributed by atoms with Gasteiger partial charge >= 0.3 is 0 Å². The first-order chi connectivity index (χ1) is 9.02. The zero-order valence-corrected chi connectivity index (χ0v) is 11.8. The number of ether oxygens (including phenoxy) is 1. The van der Waals surface area contributed by atoms with Crippen LogP contribution in [0.1, 0.15) is 30.6 Å². The first-order valence-corrected chi connectivity index (χ1v) is 6.74. The maximum Gasteiger partial charge on any atom is 0.256 e. The number of piperidine rings is 1. The van der Waals surface area contributed by atoms with Crippen molar-refractivity contribution in [3.8, 4) is 5.75 Å². The maximum absolute atomic E-state index is 12.6. The minimum atomic E-state index is 0.00907. The number of benzene rings is 1. The number of rotatable bonds is 2. The molecule has 2 rings (SSSR count). The van der Waals surface area contributed by atoms with E-state index in [9.17, 15) is 4.79 Å². The van der Waals surface area contributed by atoms with Crippen molar-refractivity contribution in [2.75, 3.05) is 25.9 Å². The van der Waals surface area contributed by atoms with Gasteiger partial charge in [-0.05, 0) is 30.4 Å². The predicted molar refractivity (Wildman–Crippen MR) is 76.3 cm³/mol. The summed E-state index contributed by atoms with van der Waals surface area (Å²) in [5, 5.41) is 0. The molecule has 1 aromatic rings. The summed E-state index contributed by atoms with van der Waals surface area (Å²) in [4.78, 5) is 14.5. The highest BCUT2D eigenvalue weighted by molar-refractivity contribution is 6.00. The Hall–Kier alpha value is -1.71. The van der Waals surface area contributed by atoms with Crippen molar-refractivity contribution in [2.45, 2.75) is 20.3 Å². The Morgan fingerprint density at radius 1 is 1.32 bits per heavy atom. The lowest BCUT2D eigenvalue weighted by Crippen LogP contribution is -2.42. The largest absolute Gasteiger partial charge is 0.495 e. The highest BCUT2D eigenvalue weighted by Crippen LogP contribution is 2.28. The summed E-state index contributed by atoms with van der Waals surface area (Å²) in [5.41, 5.74) is 6.97. The van der Waals surface area contributed by atoms with Crippen molar-refractivity contribution >= 4 is 11.6 Å². The average molecular weight is 262 g/mol. The molecule has 1 saturated heterocycles. The van der Waals surface area contributed by atoms with Gasteiger partial charge in [0.1, 0.15) is 5.75 Å². The second-order valence-corrected chi connectivity index (χ2v) is 5.58. The van der Waals surface area contributed by atoms with E-state index in [1.807, 2.05) is 4.90 Å². The Labute approximate surface area is 114 Å². The fraction of sp³-hybridized carbons (Fsp3) is 0.533. The zero-order chi connectivity index (χ0) is 14.0. The van der Waals surface area contributed by atoms with Gasteiger partial charge in [-0.15, -0.1) is 0 Å². The summed E-state index contributed by atoms with van der Waals surface area (Å²) in [6, 6.07) is 5.34. The minimum absolute atomic E-state index is 0.00907. The second-order valence-electron chi connectivity index (χ2n) is 5.58. The van der Waals surface area contributed by atoms with Crippen LogP contribution in [0.4, 0.5) is 5.69 Å². The fourth-order valence-corrected chi connectivity index (χ4v) is 2.91. The van der Waals surface area contributed by atoms with Crippen LogP contribution >= 0.6 is 0 Å². The normalized spacial score (nSPS) is 23.2. The molecule has 1 aliphatic heterocycles. The van der Waals surface area contributed by atoms with Crippen molar-refractivity contribution in [1.82, 2.24) is 4.90 Å². The summed E-state index contributed by atoms with van der Waals surface area (Å²) in [5.74, 6) is 1.65. The molecule has 0 spiro atoms. The average Bonchev–Trinajstić information content (AvgIpc) is 2.37. The van der Waals surface area contributed by atoms with Gasteiger partial charge in [0.2, 0.25) is 0 Å². The molecule has 1 aromatic carbocycles. The first-order valence-electron chi connectivity index (χ1n) is 6.74. The van der Waals surface area contributed by atoms with E-state index in [0.717, 1.165) is 13.1 Å². The van der Waals surface area contributed by atoms with Gasteiger partial charge in [0.05, 0.1) is 18.4 Å². The maximum atomic E-state index is 12.6. The molecule has 0 aliphatic carbocycles. The lowest BCUT2D eigenvalue weighted by atomic mass is 9.91. The summed E-state index contributed by atoms with van der Waals surface area (Å²) in [7, 11) is 1.56. The standard InChI is InChI=1S/C15H22N2O2/c1-10-7-11(2)9-17(8-10)15(18)12-5-4-6-13(19-3)14(12)16/h4-6,10-11H,7-9,16H2,1-3H3. The van der Waals surface area contributed by atoms with E-state index in [4.69, 9.17) is 10.5 Å². The second kappa shape index (κ2) is 5.51. The number of nitrogens with two attached hydrogens (primary N) is 1. The number of carbonyl (C=O) groups excluding carboxylic acids is 1. The van der Waals surface area contributed by atoms with E-state index in [0.29, 0.717) is 28.8 Å². The predicted octanol–water partition coefficient (Wildman–Crippen LogP) is 2.40. The Balaban J connectivity index is 2.24.